The first-order valence-corrected chi connectivity index (χ1v) is 10.4. The Morgan fingerprint density at radius 3 is 2.59 bits per heavy atom. The molecule has 2 heterocycles. The Morgan fingerprint density at radius 2 is 1.93 bits per heavy atom. The van der Waals surface area contributed by atoms with Crippen LogP contribution in [0.15, 0.2) is 35.3 Å². The van der Waals surface area contributed by atoms with Crippen LogP contribution in [-0.2, 0) is 6.42 Å². The molecule has 3 rings (SSSR count). The Balaban J connectivity index is 1.37. The highest BCUT2D eigenvalue weighted by molar-refractivity contribution is 7.09. The highest BCUT2D eigenvalue weighted by Gasteiger charge is 2.21. The molecule has 0 aliphatic carbocycles. The second kappa shape index (κ2) is 10.1. The first-order chi connectivity index (χ1) is 13.3. The van der Waals surface area contributed by atoms with E-state index in [2.05, 4.69) is 53.8 Å². The van der Waals surface area contributed by atoms with Gasteiger partial charge in [-0.3, -0.25) is 4.99 Å². The number of guanidine groups is 1. The van der Waals surface area contributed by atoms with Crippen LogP contribution in [-0.4, -0.2) is 66.5 Å². The van der Waals surface area contributed by atoms with Crippen LogP contribution in [0, 0.1) is 0 Å². The third kappa shape index (κ3) is 5.56. The van der Waals surface area contributed by atoms with Crippen LogP contribution in [0.1, 0.15) is 19.2 Å². The number of piperazine rings is 1. The summed E-state index contributed by atoms with van der Waals surface area (Å²) in [5.41, 5.74) is 1.17. The van der Waals surface area contributed by atoms with Crippen molar-refractivity contribution in [1.29, 1.82) is 0 Å². The molecule has 1 aromatic heterocycles. The van der Waals surface area contributed by atoms with E-state index in [-0.39, 0.29) is 0 Å². The average Bonchev–Trinajstić information content (AvgIpc) is 3.21. The van der Waals surface area contributed by atoms with Gasteiger partial charge in [-0.2, -0.15) is 4.37 Å². The van der Waals surface area contributed by atoms with E-state index in [9.17, 15) is 0 Å². The number of aliphatic imine (C=N–C) groups is 1. The molecule has 0 bridgehead atoms. The number of hydrogen-bond acceptors (Lipinski definition) is 6. The molecule has 0 amide bonds. The molecule has 1 aliphatic rings. The van der Waals surface area contributed by atoms with Crippen LogP contribution >= 0.6 is 11.5 Å². The number of nitrogens with zero attached hydrogens (tertiary/aromatic N) is 5. The number of benzene rings is 1. The van der Waals surface area contributed by atoms with Crippen LogP contribution in [0.2, 0.25) is 0 Å². The van der Waals surface area contributed by atoms with Gasteiger partial charge in [-0.1, -0.05) is 25.1 Å². The van der Waals surface area contributed by atoms with Crippen LogP contribution < -0.4 is 15.5 Å². The maximum absolute atomic E-state index is 4.60. The summed E-state index contributed by atoms with van der Waals surface area (Å²) in [6, 6.07) is 10.3. The standard InChI is InChI=1S/C19H29N7S/c1-3-17-23-19(27-24-17)26-14-12-25(13-15-26)18(20-2)22-11-7-10-21-16-8-5-4-6-9-16/h4-6,8-9,21H,3,7,10-15H2,1-2H3,(H,20,22). The van der Waals surface area contributed by atoms with Crippen molar-refractivity contribution in [3.05, 3.63) is 36.2 Å². The normalized spacial score (nSPS) is 15.1. The number of aryl methyl sites for hydroxylation is 1. The molecule has 7 nitrogen and oxygen atoms in total. The molecule has 2 aromatic rings. The quantitative estimate of drug-likeness (QED) is 0.432. The Kier molecular flexibility index (Phi) is 7.27. The van der Waals surface area contributed by atoms with Crippen LogP contribution in [0.3, 0.4) is 0 Å². The van der Waals surface area contributed by atoms with Crippen molar-refractivity contribution < 1.29 is 0 Å². The minimum atomic E-state index is 0.895. The molecule has 2 N–H and O–H groups in total. The molecule has 1 fully saturated rings. The fraction of sp³-hybridized carbons (Fsp3) is 0.526. The van der Waals surface area contributed by atoms with Crippen molar-refractivity contribution >= 4 is 28.3 Å². The van der Waals surface area contributed by atoms with Crippen LogP contribution in [0.25, 0.3) is 0 Å². The molecule has 1 aromatic carbocycles. The SMILES string of the molecule is CCc1nsc(N2CCN(C(=NC)NCCCNc3ccccc3)CC2)n1. The fourth-order valence-electron chi connectivity index (χ4n) is 3.04. The van der Waals surface area contributed by atoms with Crippen molar-refractivity contribution in [2.75, 3.05) is 56.5 Å². The van der Waals surface area contributed by atoms with Crippen molar-refractivity contribution in [2.24, 2.45) is 4.99 Å². The Labute approximate surface area is 165 Å². The van der Waals surface area contributed by atoms with Gasteiger partial charge in [0.05, 0.1) is 0 Å². The van der Waals surface area contributed by atoms with E-state index in [0.29, 0.717) is 0 Å². The zero-order valence-corrected chi connectivity index (χ0v) is 17.0. The number of rotatable bonds is 7. The van der Waals surface area contributed by atoms with Gasteiger partial charge in [0, 0.05) is 70.0 Å². The van der Waals surface area contributed by atoms with Gasteiger partial charge in [-0.25, -0.2) is 4.98 Å². The topological polar surface area (TPSA) is 68.7 Å². The Bertz CT molecular complexity index is 708. The molecule has 146 valence electrons. The maximum atomic E-state index is 4.60. The lowest BCUT2D eigenvalue weighted by atomic mass is 10.3. The van der Waals surface area contributed by atoms with E-state index in [1.54, 1.807) is 0 Å². The van der Waals surface area contributed by atoms with Crippen molar-refractivity contribution in [1.82, 2.24) is 19.6 Å². The second-order valence-electron chi connectivity index (χ2n) is 6.44. The lowest BCUT2D eigenvalue weighted by molar-refractivity contribution is 0.372. The molecule has 8 heteroatoms. The summed E-state index contributed by atoms with van der Waals surface area (Å²) in [5, 5.41) is 7.96. The van der Waals surface area contributed by atoms with Gasteiger partial charge in [-0.15, -0.1) is 0 Å². The highest BCUT2D eigenvalue weighted by atomic mass is 32.1. The smallest absolute Gasteiger partial charge is 0.205 e. The van der Waals surface area contributed by atoms with Crippen molar-refractivity contribution in [2.45, 2.75) is 19.8 Å². The minimum Gasteiger partial charge on any atom is -0.385 e. The van der Waals surface area contributed by atoms with Gasteiger partial charge in [-0.05, 0) is 18.6 Å². The molecular formula is C19H29N7S. The van der Waals surface area contributed by atoms with Crippen molar-refractivity contribution in [3.8, 4) is 0 Å². The van der Waals surface area contributed by atoms with Gasteiger partial charge in [0.1, 0.15) is 5.82 Å². The summed E-state index contributed by atoms with van der Waals surface area (Å²) < 4.78 is 4.39. The third-order valence-electron chi connectivity index (χ3n) is 4.57. The Hall–Kier alpha value is -2.35. The second-order valence-corrected chi connectivity index (χ2v) is 7.17. The molecule has 0 spiro atoms. The summed E-state index contributed by atoms with van der Waals surface area (Å²) in [7, 11) is 1.86. The highest BCUT2D eigenvalue weighted by Crippen LogP contribution is 2.19. The van der Waals surface area contributed by atoms with Gasteiger partial charge >= 0.3 is 0 Å². The van der Waals surface area contributed by atoms with Crippen LogP contribution in [0.4, 0.5) is 10.8 Å². The lowest BCUT2D eigenvalue weighted by Crippen LogP contribution is -2.52. The molecule has 27 heavy (non-hydrogen) atoms. The Morgan fingerprint density at radius 1 is 1.15 bits per heavy atom. The van der Waals surface area contributed by atoms with E-state index < -0.39 is 0 Å². The first-order valence-electron chi connectivity index (χ1n) is 9.62. The molecule has 0 radical (unpaired) electrons. The number of aromatic nitrogens is 2. The number of para-hydroxylation sites is 1. The third-order valence-corrected chi connectivity index (χ3v) is 5.39. The summed E-state index contributed by atoms with van der Waals surface area (Å²) in [5.74, 6) is 1.93. The number of anilines is 2. The summed E-state index contributed by atoms with van der Waals surface area (Å²) >= 11 is 1.51. The van der Waals surface area contributed by atoms with Gasteiger partial charge in [0.2, 0.25) is 5.13 Å². The first kappa shape index (κ1) is 19.4. The molecule has 1 saturated heterocycles. The summed E-state index contributed by atoms with van der Waals surface area (Å²) in [6.07, 6.45) is 1.94. The van der Waals surface area contributed by atoms with Gasteiger partial charge < -0.3 is 20.4 Å². The van der Waals surface area contributed by atoms with E-state index in [0.717, 1.165) is 69.0 Å². The molecule has 0 atom stereocenters. The number of nitrogens with one attached hydrogen (secondary N) is 2. The average molecular weight is 388 g/mol. The summed E-state index contributed by atoms with van der Waals surface area (Å²) in [6.45, 7) is 7.74. The largest absolute Gasteiger partial charge is 0.385 e. The fourth-order valence-corrected chi connectivity index (χ4v) is 3.84. The maximum Gasteiger partial charge on any atom is 0.205 e. The van der Waals surface area contributed by atoms with E-state index in [1.807, 2.05) is 25.2 Å². The molecule has 0 unspecified atom stereocenters. The minimum absolute atomic E-state index is 0.895. The van der Waals surface area contributed by atoms with Gasteiger partial charge in [0.25, 0.3) is 0 Å². The summed E-state index contributed by atoms with van der Waals surface area (Å²) in [4.78, 5) is 13.7. The molecule has 1 aliphatic heterocycles. The van der Waals surface area contributed by atoms with E-state index in [1.165, 1.54) is 17.2 Å². The predicted molar refractivity (Wildman–Crippen MR) is 114 cm³/mol. The molecular weight excluding hydrogens is 358 g/mol. The van der Waals surface area contributed by atoms with E-state index >= 15 is 0 Å². The monoisotopic (exact) mass is 387 g/mol. The van der Waals surface area contributed by atoms with Crippen molar-refractivity contribution in [3.63, 3.8) is 0 Å². The molecule has 0 saturated carbocycles. The lowest BCUT2D eigenvalue weighted by Gasteiger charge is -2.36. The zero-order chi connectivity index (χ0) is 18.9. The van der Waals surface area contributed by atoms with Crippen LogP contribution in [0.5, 0.6) is 0 Å². The number of hydrogen-bond donors (Lipinski definition) is 2. The predicted octanol–water partition coefficient (Wildman–Crippen LogP) is 2.30. The zero-order valence-electron chi connectivity index (χ0n) is 16.2. The van der Waals surface area contributed by atoms with Gasteiger partial charge in [0.15, 0.2) is 5.96 Å². The van der Waals surface area contributed by atoms with E-state index in [4.69, 9.17) is 0 Å².